The molecule has 0 amide bonds. The number of pyridine rings is 3. The molecule has 6 heterocycles. The van der Waals surface area contributed by atoms with Gasteiger partial charge in [0.25, 0.3) is 0 Å². The van der Waals surface area contributed by atoms with Crippen LogP contribution in [0.25, 0.3) is 198 Å². The van der Waals surface area contributed by atoms with E-state index in [1.165, 1.54) is 132 Å². The van der Waals surface area contributed by atoms with E-state index in [2.05, 4.69) is 404 Å². The molecule has 1 aliphatic heterocycles. The molecule has 558 valence electrons. The molecule has 0 bridgehead atoms. The third kappa shape index (κ3) is 10.9. The van der Waals surface area contributed by atoms with E-state index in [0.717, 1.165) is 105 Å². The Bertz CT molecular complexity index is 8030. The first-order valence-electron chi connectivity index (χ1n) is 41.0. The van der Waals surface area contributed by atoms with Gasteiger partial charge in [0, 0.05) is 74.3 Å². The molecule has 1 spiro atoms. The molecule has 0 radical (unpaired) electrons. The van der Waals surface area contributed by atoms with E-state index in [9.17, 15) is 0 Å². The Morgan fingerprint density at radius 3 is 1.19 bits per heavy atom. The van der Waals surface area contributed by atoms with E-state index in [0.29, 0.717) is 0 Å². The summed E-state index contributed by atoms with van der Waals surface area (Å²) in [6, 6.07) is 145. The maximum absolute atomic E-state index is 6.30. The van der Waals surface area contributed by atoms with Gasteiger partial charge in [-0.2, -0.15) is 0 Å². The van der Waals surface area contributed by atoms with Crippen LogP contribution in [0, 0.1) is 0 Å². The standard InChI is InChI=1S/C61H39N3.C53H31NO2/c1-3-15-41(16-4-1)59-47-20-7-8-21-48(47)60(49-30-27-42(37-51(49)59)40-33-35-62-36-34-40)44-29-32-56(63-39-44)43-28-31-53-50(38-43)46-19-9-10-22-52(46)61(53)54-23-11-13-25-57(54)64(45-17-5-2-6-18-45)58-26-14-12-24-55(58)61;1-2-10-32(11-3-1)52-40-15-6-7-16-41(40)53(42-22-18-35(28-46(42)52)36-20-24-49-43(27-36)39-14-8-9-17-48(39)55-49)38-19-23-47(54-31-38)37-21-25-50-44(29-37)45-26-33-12-4-5-13-34(33)30-51(45)56-50/h1-39H;1-31H. The van der Waals surface area contributed by atoms with E-state index >= 15 is 0 Å². The van der Waals surface area contributed by atoms with Gasteiger partial charge >= 0.3 is 0 Å². The Morgan fingerprint density at radius 2 is 0.608 bits per heavy atom. The van der Waals surface area contributed by atoms with Crippen LogP contribution in [-0.4, -0.2) is 15.0 Å². The van der Waals surface area contributed by atoms with Crippen LogP contribution in [0.4, 0.5) is 17.1 Å². The predicted octanol–water partition coefficient (Wildman–Crippen LogP) is 30.6. The first-order valence-corrected chi connectivity index (χ1v) is 41.0. The normalized spacial score (nSPS) is 12.6. The molecule has 2 aliphatic rings. The van der Waals surface area contributed by atoms with E-state index in [-0.39, 0.29) is 0 Å². The molecular weight excluding hydrogens is 1460 g/mol. The van der Waals surface area contributed by atoms with E-state index in [1.807, 2.05) is 30.7 Å². The van der Waals surface area contributed by atoms with Gasteiger partial charge in [-0.1, -0.05) is 285 Å². The lowest BCUT2D eigenvalue weighted by Crippen LogP contribution is -2.36. The number of benzene rings is 18. The molecule has 120 heavy (non-hydrogen) atoms. The lowest BCUT2D eigenvalue weighted by Gasteiger charge is -2.45. The number of anilines is 3. The molecule has 0 N–H and O–H groups in total. The number of hydrogen-bond acceptors (Lipinski definition) is 6. The number of nitrogens with zero attached hydrogens (tertiary/aromatic N) is 4. The zero-order chi connectivity index (χ0) is 78.9. The van der Waals surface area contributed by atoms with Crippen LogP contribution in [-0.2, 0) is 5.41 Å². The summed E-state index contributed by atoms with van der Waals surface area (Å²) in [6.45, 7) is 0. The van der Waals surface area contributed by atoms with Crippen LogP contribution in [0.1, 0.15) is 22.3 Å². The average Bonchev–Trinajstić information content (AvgIpc) is 1.46. The summed E-state index contributed by atoms with van der Waals surface area (Å²) in [5, 5.41) is 16.5. The van der Waals surface area contributed by atoms with Gasteiger partial charge in [0.2, 0.25) is 0 Å². The number of rotatable bonds is 9. The molecule has 0 saturated carbocycles. The molecule has 6 nitrogen and oxygen atoms in total. The van der Waals surface area contributed by atoms with E-state index < -0.39 is 5.41 Å². The van der Waals surface area contributed by atoms with Crippen molar-refractivity contribution in [2.24, 2.45) is 0 Å². The van der Waals surface area contributed by atoms with Crippen LogP contribution in [0.2, 0.25) is 0 Å². The summed E-state index contributed by atoms with van der Waals surface area (Å²) in [7, 11) is 0. The second-order valence-electron chi connectivity index (χ2n) is 31.5. The van der Waals surface area contributed by atoms with Crippen molar-refractivity contribution in [1.82, 2.24) is 15.0 Å². The predicted molar refractivity (Wildman–Crippen MR) is 497 cm³/mol. The topological polar surface area (TPSA) is 68.2 Å². The lowest BCUT2D eigenvalue weighted by molar-refractivity contribution is 0.669. The Kier molecular flexibility index (Phi) is 15.8. The highest BCUT2D eigenvalue weighted by Crippen LogP contribution is 2.64. The van der Waals surface area contributed by atoms with Gasteiger partial charge < -0.3 is 13.7 Å². The minimum absolute atomic E-state index is 0.495. The number of hydrogen-bond donors (Lipinski definition) is 0. The lowest BCUT2D eigenvalue weighted by atomic mass is 9.64. The Hall–Kier alpha value is -15.9. The third-order valence-corrected chi connectivity index (χ3v) is 25.1. The molecule has 25 rings (SSSR count). The van der Waals surface area contributed by atoms with Crippen LogP contribution < -0.4 is 4.90 Å². The van der Waals surface area contributed by atoms with Gasteiger partial charge in [0.1, 0.15) is 22.3 Å². The summed E-state index contributed by atoms with van der Waals surface area (Å²) in [6.07, 6.45) is 7.84. The van der Waals surface area contributed by atoms with Crippen molar-refractivity contribution in [2.45, 2.75) is 5.41 Å². The van der Waals surface area contributed by atoms with Gasteiger partial charge in [-0.3, -0.25) is 15.0 Å². The first kappa shape index (κ1) is 68.5. The fourth-order valence-electron chi connectivity index (χ4n) is 19.8. The number of fused-ring (bicyclic) bond motifs is 20. The van der Waals surface area contributed by atoms with Crippen LogP contribution in [0.5, 0.6) is 0 Å². The Balaban J connectivity index is 0.000000138. The Labute approximate surface area is 692 Å². The second kappa shape index (κ2) is 27.7. The minimum atomic E-state index is -0.495. The van der Waals surface area contributed by atoms with Crippen LogP contribution in [0.15, 0.2) is 434 Å². The minimum Gasteiger partial charge on any atom is -0.456 e. The summed E-state index contributed by atoms with van der Waals surface area (Å²) in [5.41, 5.74) is 32.3. The van der Waals surface area contributed by atoms with Crippen molar-refractivity contribution in [1.29, 1.82) is 0 Å². The average molecular weight is 1530 g/mol. The molecule has 0 fully saturated rings. The third-order valence-electron chi connectivity index (χ3n) is 25.1. The van der Waals surface area contributed by atoms with Crippen LogP contribution >= 0.6 is 0 Å². The molecule has 1 aliphatic carbocycles. The quantitative estimate of drug-likeness (QED) is 0.134. The second-order valence-corrected chi connectivity index (χ2v) is 31.5. The molecule has 6 heteroatoms. The van der Waals surface area contributed by atoms with Gasteiger partial charge in [-0.05, 0) is 258 Å². The molecule has 23 aromatic rings. The van der Waals surface area contributed by atoms with Crippen molar-refractivity contribution < 1.29 is 8.83 Å². The summed E-state index contributed by atoms with van der Waals surface area (Å²) >= 11 is 0. The number of furan rings is 2. The highest BCUT2D eigenvalue weighted by atomic mass is 16.3. The molecule has 18 aromatic carbocycles. The maximum atomic E-state index is 6.30. The number of aromatic nitrogens is 3. The summed E-state index contributed by atoms with van der Waals surface area (Å²) in [4.78, 5) is 17.1. The summed E-state index contributed by atoms with van der Waals surface area (Å²) < 4.78 is 12.5. The van der Waals surface area contributed by atoms with Crippen molar-refractivity contribution >= 4 is 115 Å². The van der Waals surface area contributed by atoms with Gasteiger partial charge in [-0.25, -0.2) is 0 Å². The highest BCUT2D eigenvalue weighted by Gasteiger charge is 2.52. The first-order chi connectivity index (χ1) is 59.5. The van der Waals surface area contributed by atoms with E-state index in [4.69, 9.17) is 18.8 Å². The largest absolute Gasteiger partial charge is 0.456 e. The fourth-order valence-corrected chi connectivity index (χ4v) is 19.8. The van der Waals surface area contributed by atoms with Crippen molar-refractivity contribution in [3.05, 3.63) is 447 Å². The Morgan fingerprint density at radius 1 is 0.217 bits per heavy atom. The monoisotopic (exact) mass is 1530 g/mol. The van der Waals surface area contributed by atoms with Crippen LogP contribution in [0.3, 0.4) is 0 Å². The summed E-state index contributed by atoms with van der Waals surface area (Å²) in [5.74, 6) is 0. The maximum Gasteiger partial charge on any atom is 0.136 e. The van der Waals surface area contributed by atoms with Crippen molar-refractivity contribution in [3.8, 4) is 100 Å². The number of para-hydroxylation sites is 4. The molecule has 5 aromatic heterocycles. The molecule has 0 atom stereocenters. The smallest absolute Gasteiger partial charge is 0.136 e. The van der Waals surface area contributed by atoms with E-state index in [1.54, 1.807) is 0 Å². The zero-order valence-corrected chi connectivity index (χ0v) is 65.0. The molecule has 0 saturated heterocycles. The van der Waals surface area contributed by atoms with Gasteiger partial charge in [0.05, 0.1) is 28.2 Å². The van der Waals surface area contributed by atoms with Gasteiger partial charge in [-0.15, -0.1) is 0 Å². The SMILES string of the molecule is c1ccc(-c2c3ccccc3c(-c3ccc(-c4ccc5c(c4)-c4ccccc4C54c5ccccc5N(c5ccccc5)c5ccccc54)nc3)c3ccc(-c4ccncc4)cc23)cc1.c1ccc(-c2c3ccccc3c(-c3ccc(-c4ccc5oc6cc7ccccc7cc6c5c4)nc3)c3ccc(-c4ccc5oc6ccccc6c5c4)cc23)cc1. The molecular formula is C114H70N4O2. The van der Waals surface area contributed by atoms with Crippen molar-refractivity contribution in [2.75, 3.05) is 4.90 Å². The zero-order valence-electron chi connectivity index (χ0n) is 65.0. The van der Waals surface area contributed by atoms with Gasteiger partial charge in [0.15, 0.2) is 0 Å². The fraction of sp³-hybridized carbons (Fsp3) is 0.00877. The molecule has 0 unspecified atom stereocenters. The van der Waals surface area contributed by atoms with Crippen molar-refractivity contribution in [3.63, 3.8) is 0 Å². The highest BCUT2D eigenvalue weighted by molar-refractivity contribution is 6.24.